The Morgan fingerprint density at radius 2 is 0.531 bits per heavy atom. The number of aryl methyl sites for hydroxylation is 4. The molecule has 0 saturated heterocycles. The van der Waals surface area contributed by atoms with Gasteiger partial charge < -0.3 is 0 Å². The van der Waals surface area contributed by atoms with E-state index in [9.17, 15) is 0 Å². The van der Waals surface area contributed by atoms with Gasteiger partial charge in [0.15, 0.2) is 0 Å². The number of fused-ring (bicyclic) bond motifs is 4. The predicted octanol–water partition coefficient (Wildman–Crippen LogP) is 8.60. The average Bonchev–Trinajstić information content (AvgIpc) is 2.81. The van der Waals surface area contributed by atoms with Gasteiger partial charge in [-0.15, -0.1) is 0 Å². The molecule has 0 unspecified atom stereocenters. The van der Waals surface area contributed by atoms with Crippen molar-refractivity contribution in [2.75, 3.05) is 0 Å². The van der Waals surface area contributed by atoms with Crippen molar-refractivity contribution in [3.8, 4) is 0 Å². The van der Waals surface area contributed by atoms with Gasteiger partial charge in [0.1, 0.15) is 0 Å². The second-order valence-electron chi connectivity index (χ2n) is 9.90. The number of hydrogen-bond donors (Lipinski definition) is 0. The molecule has 0 N–H and O–H groups in total. The molecule has 0 amide bonds. The summed E-state index contributed by atoms with van der Waals surface area (Å²) >= 11 is 0. The average molecular weight is 435 g/mol. The molecule has 0 fully saturated rings. The second kappa shape index (κ2) is 16.0. The number of rotatable bonds is 0. The van der Waals surface area contributed by atoms with Crippen molar-refractivity contribution in [2.45, 2.75) is 128 Å². The fourth-order valence-electron chi connectivity index (χ4n) is 4.96. The lowest BCUT2D eigenvalue weighted by Gasteiger charge is -2.07. The first-order valence-electron chi connectivity index (χ1n) is 13.8. The Morgan fingerprint density at radius 3 is 0.781 bits per heavy atom. The van der Waals surface area contributed by atoms with Crippen LogP contribution in [0, 0.1) is 0 Å². The summed E-state index contributed by atoms with van der Waals surface area (Å²) in [6.07, 6.45) is 26.2. The van der Waals surface area contributed by atoms with Crippen LogP contribution in [0.5, 0.6) is 0 Å². The van der Waals surface area contributed by atoms with Gasteiger partial charge >= 0.3 is 0 Å². The highest BCUT2D eigenvalue weighted by atomic mass is 14.7. The first-order chi connectivity index (χ1) is 15.9. The summed E-state index contributed by atoms with van der Waals surface area (Å²) in [4.78, 5) is 9.85. The normalized spacial score (nSPS) is 19.2. The maximum absolute atomic E-state index is 4.93. The molecule has 0 radical (unpaired) electrons. The molecule has 176 valence electrons. The summed E-state index contributed by atoms with van der Waals surface area (Å²) < 4.78 is 0. The third-order valence-electron chi connectivity index (χ3n) is 6.96. The Balaban J connectivity index is 1.41. The largest absolute Gasteiger partial charge is 0.258 e. The SMILES string of the molecule is c1cc2nc(c1)CCCCCCCCCCc1cccc(n1)CCCCCCCCCC2. The van der Waals surface area contributed by atoms with Crippen LogP contribution in [0.2, 0.25) is 0 Å². The molecule has 1 aliphatic rings. The molecule has 0 aromatic carbocycles. The van der Waals surface area contributed by atoms with Crippen LogP contribution in [-0.4, -0.2) is 9.97 Å². The molecule has 0 aliphatic carbocycles. The van der Waals surface area contributed by atoms with Crippen molar-refractivity contribution < 1.29 is 0 Å². The lowest BCUT2D eigenvalue weighted by Crippen LogP contribution is -1.97. The van der Waals surface area contributed by atoms with Gasteiger partial charge in [0, 0.05) is 22.8 Å². The van der Waals surface area contributed by atoms with E-state index < -0.39 is 0 Å². The fraction of sp³-hybridized carbons (Fsp3) is 0.667. The maximum Gasteiger partial charge on any atom is 0.0406 e. The molecule has 0 saturated carbocycles. The van der Waals surface area contributed by atoms with E-state index in [-0.39, 0.29) is 0 Å². The van der Waals surface area contributed by atoms with E-state index in [2.05, 4.69) is 36.4 Å². The van der Waals surface area contributed by atoms with Crippen molar-refractivity contribution in [1.29, 1.82) is 0 Å². The van der Waals surface area contributed by atoms with Gasteiger partial charge in [0.2, 0.25) is 0 Å². The van der Waals surface area contributed by atoms with Crippen molar-refractivity contribution in [2.24, 2.45) is 0 Å². The maximum atomic E-state index is 4.93. The zero-order valence-electron chi connectivity index (χ0n) is 20.5. The number of nitrogens with zero attached hydrogens (tertiary/aromatic N) is 2. The molecule has 2 aromatic heterocycles. The van der Waals surface area contributed by atoms with Crippen molar-refractivity contribution in [1.82, 2.24) is 9.97 Å². The minimum absolute atomic E-state index is 1.15. The molecule has 2 aromatic rings. The summed E-state index contributed by atoms with van der Waals surface area (Å²) in [6, 6.07) is 13.3. The highest BCUT2D eigenvalue weighted by molar-refractivity contribution is 5.12. The molecule has 3 rings (SSSR count). The Morgan fingerprint density at radius 1 is 0.312 bits per heavy atom. The number of hydrogen-bond acceptors (Lipinski definition) is 2. The summed E-state index contributed by atoms with van der Waals surface area (Å²) in [7, 11) is 0. The molecule has 2 nitrogen and oxygen atoms in total. The van der Waals surface area contributed by atoms with Crippen molar-refractivity contribution in [3.05, 3.63) is 59.2 Å². The van der Waals surface area contributed by atoms with Crippen LogP contribution >= 0.6 is 0 Å². The molecule has 1 aliphatic heterocycles. The monoisotopic (exact) mass is 434 g/mol. The van der Waals surface area contributed by atoms with Gasteiger partial charge in [0.25, 0.3) is 0 Å². The quantitative estimate of drug-likeness (QED) is 0.415. The fourth-order valence-corrected chi connectivity index (χ4v) is 4.96. The summed E-state index contributed by atoms with van der Waals surface area (Å²) in [5, 5.41) is 0. The Bertz CT molecular complexity index is 621. The second-order valence-corrected chi connectivity index (χ2v) is 9.90. The molecular weight excluding hydrogens is 388 g/mol. The number of aromatic nitrogens is 2. The van der Waals surface area contributed by atoms with E-state index in [4.69, 9.17) is 9.97 Å². The van der Waals surface area contributed by atoms with E-state index in [1.165, 1.54) is 126 Å². The van der Waals surface area contributed by atoms with Crippen LogP contribution in [0.4, 0.5) is 0 Å². The zero-order valence-corrected chi connectivity index (χ0v) is 20.5. The zero-order chi connectivity index (χ0) is 22.1. The first-order valence-corrected chi connectivity index (χ1v) is 13.8. The minimum Gasteiger partial charge on any atom is -0.258 e. The molecule has 4 bridgehead atoms. The minimum atomic E-state index is 1.15. The van der Waals surface area contributed by atoms with Crippen LogP contribution < -0.4 is 0 Å². The van der Waals surface area contributed by atoms with E-state index in [0.717, 1.165) is 25.7 Å². The third kappa shape index (κ3) is 10.7. The van der Waals surface area contributed by atoms with E-state index in [1.54, 1.807) is 0 Å². The van der Waals surface area contributed by atoms with Crippen LogP contribution in [0.3, 0.4) is 0 Å². The molecule has 2 heteroatoms. The van der Waals surface area contributed by atoms with Gasteiger partial charge in [-0.2, -0.15) is 0 Å². The van der Waals surface area contributed by atoms with Crippen molar-refractivity contribution >= 4 is 0 Å². The van der Waals surface area contributed by atoms with E-state index in [1.807, 2.05) is 0 Å². The van der Waals surface area contributed by atoms with Gasteiger partial charge in [-0.25, -0.2) is 0 Å². The Hall–Kier alpha value is -1.70. The highest BCUT2D eigenvalue weighted by Crippen LogP contribution is 2.15. The molecule has 3 heterocycles. The topological polar surface area (TPSA) is 25.8 Å². The van der Waals surface area contributed by atoms with Gasteiger partial charge in [-0.3, -0.25) is 9.97 Å². The van der Waals surface area contributed by atoms with Crippen molar-refractivity contribution in [3.63, 3.8) is 0 Å². The number of pyridine rings is 2. The van der Waals surface area contributed by atoms with Crippen LogP contribution in [-0.2, 0) is 25.7 Å². The smallest absolute Gasteiger partial charge is 0.0406 e. The predicted molar refractivity (Wildman–Crippen MR) is 137 cm³/mol. The van der Waals surface area contributed by atoms with Crippen LogP contribution in [0.15, 0.2) is 36.4 Å². The summed E-state index contributed by atoms with van der Waals surface area (Å²) in [5.74, 6) is 0. The lowest BCUT2D eigenvalue weighted by molar-refractivity contribution is 0.559. The summed E-state index contributed by atoms with van der Waals surface area (Å²) in [5.41, 5.74) is 5.23. The van der Waals surface area contributed by atoms with E-state index >= 15 is 0 Å². The first kappa shape index (κ1) is 24.9. The van der Waals surface area contributed by atoms with Gasteiger partial charge in [0.05, 0.1) is 0 Å². The van der Waals surface area contributed by atoms with Gasteiger partial charge in [-0.1, -0.05) is 89.2 Å². The Kier molecular flexibility index (Phi) is 12.5. The Labute approximate surface area is 197 Å². The molecule has 32 heavy (non-hydrogen) atoms. The molecular formula is C30H46N2. The van der Waals surface area contributed by atoms with E-state index in [0.29, 0.717) is 0 Å². The van der Waals surface area contributed by atoms with Crippen LogP contribution in [0.25, 0.3) is 0 Å². The molecule has 0 spiro atoms. The van der Waals surface area contributed by atoms with Gasteiger partial charge in [-0.05, 0) is 75.6 Å². The van der Waals surface area contributed by atoms with Crippen LogP contribution in [0.1, 0.15) is 126 Å². The molecule has 0 atom stereocenters. The lowest BCUT2D eigenvalue weighted by atomic mass is 10.0. The highest BCUT2D eigenvalue weighted by Gasteiger charge is 2.02. The summed E-state index contributed by atoms with van der Waals surface area (Å²) in [6.45, 7) is 0. The standard InChI is InChI=1S/C30H46N2/c1-2-6-10-14-20-28-24-18-26-30(32-28)22-16-12-8-4-3-7-11-15-21-29-25-17-23-27(31-29)19-13-9-5-1/h17-18,23-26H,1-16,19-22H2. The third-order valence-corrected chi connectivity index (χ3v) is 6.96.